The number of imidazole rings is 1. The van der Waals surface area contributed by atoms with Crippen molar-refractivity contribution in [2.45, 2.75) is 0 Å². The highest BCUT2D eigenvalue weighted by Gasteiger charge is 2.19. The molecule has 3 rings (SSSR count). The van der Waals surface area contributed by atoms with E-state index in [1.807, 2.05) is 0 Å². The second-order valence-corrected chi connectivity index (χ2v) is 7.14. The molecule has 8 nitrogen and oxygen atoms in total. The highest BCUT2D eigenvalue weighted by molar-refractivity contribution is 9.10. The minimum absolute atomic E-state index is 0.0217. The van der Waals surface area contributed by atoms with E-state index in [2.05, 4.69) is 41.8 Å². The van der Waals surface area contributed by atoms with Gasteiger partial charge in [-0.15, -0.1) is 0 Å². The van der Waals surface area contributed by atoms with E-state index in [1.54, 1.807) is 42.5 Å². The number of anilines is 2. The maximum absolute atomic E-state index is 12.4. The van der Waals surface area contributed by atoms with Crippen molar-refractivity contribution in [3.05, 3.63) is 75.2 Å². The van der Waals surface area contributed by atoms with Crippen LogP contribution in [0.4, 0.5) is 11.4 Å². The van der Waals surface area contributed by atoms with Crippen LogP contribution in [0.5, 0.6) is 0 Å². The smallest absolute Gasteiger partial charge is 0.276 e. The molecule has 1 heterocycles. The zero-order valence-corrected chi connectivity index (χ0v) is 17.4. The number of amides is 3. The summed E-state index contributed by atoms with van der Waals surface area (Å²) >= 11 is 9.38. The summed E-state index contributed by atoms with van der Waals surface area (Å²) in [7, 11) is 1.46. The van der Waals surface area contributed by atoms with Crippen LogP contribution in [-0.4, -0.2) is 34.7 Å². The van der Waals surface area contributed by atoms with Crippen molar-refractivity contribution in [2.75, 3.05) is 17.7 Å². The minimum atomic E-state index is -0.539. The van der Waals surface area contributed by atoms with Crippen LogP contribution in [0.2, 0.25) is 5.02 Å². The molecule has 0 spiro atoms. The van der Waals surface area contributed by atoms with Gasteiger partial charge >= 0.3 is 0 Å². The molecule has 0 saturated carbocycles. The largest absolute Gasteiger partial charge is 0.354 e. The molecule has 0 bridgehead atoms. The fourth-order valence-electron chi connectivity index (χ4n) is 2.46. The van der Waals surface area contributed by atoms with Crippen molar-refractivity contribution >= 4 is 56.6 Å². The SMILES string of the molecule is CNC(=O)c1[nH]cnc1C(=O)Nc1ccc(NC(=O)c2ccc(Br)cc2Cl)cc1. The molecule has 29 heavy (non-hydrogen) atoms. The lowest BCUT2D eigenvalue weighted by atomic mass is 10.2. The lowest BCUT2D eigenvalue weighted by Crippen LogP contribution is -2.23. The van der Waals surface area contributed by atoms with E-state index in [0.717, 1.165) is 4.47 Å². The van der Waals surface area contributed by atoms with Crippen LogP contribution < -0.4 is 16.0 Å². The number of benzene rings is 2. The number of aromatic nitrogens is 2. The first kappa shape index (κ1) is 20.6. The molecule has 0 saturated heterocycles. The summed E-state index contributed by atoms with van der Waals surface area (Å²) in [5.74, 6) is -1.34. The van der Waals surface area contributed by atoms with Gasteiger partial charge in [0.1, 0.15) is 5.69 Å². The summed E-state index contributed by atoms with van der Waals surface area (Å²) in [4.78, 5) is 43.0. The van der Waals surface area contributed by atoms with Crippen molar-refractivity contribution in [3.8, 4) is 0 Å². The average Bonchev–Trinajstić information content (AvgIpc) is 3.19. The Kier molecular flexibility index (Phi) is 6.30. The third-order valence-electron chi connectivity index (χ3n) is 3.88. The number of carbonyl (C=O) groups is 3. The first-order valence-corrected chi connectivity index (χ1v) is 9.49. The quantitative estimate of drug-likeness (QED) is 0.449. The van der Waals surface area contributed by atoms with Crippen LogP contribution in [0.25, 0.3) is 0 Å². The Morgan fingerprint density at radius 1 is 0.966 bits per heavy atom. The van der Waals surface area contributed by atoms with E-state index in [0.29, 0.717) is 22.0 Å². The van der Waals surface area contributed by atoms with Gasteiger partial charge in [0.2, 0.25) is 0 Å². The van der Waals surface area contributed by atoms with Crippen molar-refractivity contribution < 1.29 is 14.4 Å². The summed E-state index contributed by atoms with van der Waals surface area (Å²) in [6.07, 6.45) is 1.27. The minimum Gasteiger partial charge on any atom is -0.354 e. The van der Waals surface area contributed by atoms with Gasteiger partial charge in [-0.25, -0.2) is 4.98 Å². The Balaban J connectivity index is 1.67. The van der Waals surface area contributed by atoms with E-state index in [9.17, 15) is 14.4 Å². The molecule has 1 aromatic heterocycles. The number of rotatable bonds is 5. The highest BCUT2D eigenvalue weighted by atomic mass is 79.9. The Hall–Kier alpha value is -3.17. The summed E-state index contributed by atoms with van der Waals surface area (Å²) in [5.41, 5.74) is 1.39. The second kappa shape index (κ2) is 8.89. The molecule has 0 radical (unpaired) electrons. The number of halogens is 2. The van der Waals surface area contributed by atoms with Gasteiger partial charge in [0.15, 0.2) is 5.69 Å². The van der Waals surface area contributed by atoms with E-state index in [-0.39, 0.29) is 17.3 Å². The van der Waals surface area contributed by atoms with Gasteiger partial charge in [0.25, 0.3) is 17.7 Å². The van der Waals surface area contributed by atoms with Crippen molar-refractivity contribution in [1.82, 2.24) is 15.3 Å². The first-order chi connectivity index (χ1) is 13.9. The number of nitrogens with zero attached hydrogens (tertiary/aromatic N) is 1. The third kappa shape index (κ3) is 4.82. The third-order valence-corrected chi connectivity index (χ3v) is 4.69. The molecule has 0 aliphatic carbocycles. The Morgan fingerprint density at radius 2 is 1.59 bits per heavy atom. The maximum atomic E-state index is 12.4. The Bertz CT molecular complexity index is 1080. The molecule has 4 N–H and O–H groups in total. The van der Waals surface area contributed by atoms with Crippen LogP contribution in [0.1, 0.15) is 31.3 Å². The fraction of sp³-hybridized carbons (Fsp3) is 0.0526. The summed E-state index contributed by atoms with van der Waals surface area (Å²) in [6.45, 7) is 0. The average molecular weight is 477 g/mol. The number of nitrogens with one attached hydrogen (secondary N) is 4. The molecule has 3 amide bonds. The van der Waals surface area contributed by atoms with Gasteiger partial charge in [-0.05, 0) is 42.5 Å². The molecule has 2 aromatic carbocycles. The molecule has 0 aliphatic rings. The van der Waals surface area contributed by atoms with Gasteiger partial charge in [-0.1, -0.05) is 27.5 Å². The standard InChI is InChI=1S/C19H15BrClN5O3/c1-22-18(28)15-16(24-9-23-15)19(29)26-12-5-3-11(4-6-12)25-17(27)13-7-2-10(20)8-14(13)21/h2-9H,1H3,(H,22,28)(H,23,24)(H,25,27)(H,26,29). The van der Waals surface area contributed by atoms with E-state index >= 15 is 0 Å². The normalized spacial score (nSPS) is 10.3. The second-order valence-electron chi connectivity index (χ2n) is 5.82. The number of H-pyrrole nitrogens is 1. The van der Waals surface area contributed by atoms with Crippen molar-refractivity contribution in [1.29, 1.82) is 0 Å². The predicted octanol–water partition coefficient (Wildman–Crippen LogP) is 3.69. The van der Waals surface area contributed by atoms with Crippen molar-refractivity contribution in [3.63, 3.8) is 0 Å². The molecule has 0 atom stereocenters. The van der Waals surface area contributed by atoms with Crippen LogP contribution in [0.3, 0.4) is 0 Å². The van der Waals surface area contributed by atoms with Crippen LogP contribution >= 0.6 is 27.5 Å². The van der Waals surface area contributed by atoms with E-state index in [4.69, 9.17) is 11.6 Å². The lowest BCUT2D eigenvalue weighted by Gasteiger charge is -2.09. The molecule has 0 unspecified atom stereocenters. The monoisotopic (exact) mass is 475 g/mol. The predicted molar refractivity (Wildman–Crippen MR) is 113 cm³/mol. The van der Waals surface area contributed by atoms with Gasteiger partial charge in [-0.3, -0.25) is 14.4 Å². The Morgan fingerprint density at radius 3 is 2.17 bits per heavy atom. The highest BCUT2D eigenvalue weighted by Crippen LogP contribution is 2.23. The topological polar surface area (TPSA) is 116 Å². The van der Waals surface area contributed by atoms with Gasteiger partial charge < -0.3 is 20.9 Å². The maximum Gasteiger partial charge on any atom is 0.276 e. The van der Waals surface area contributed by atoms with Crippen molar-refractivity contribution in [2.24, 2.45) is 0 Å². The van der Waals surface area contributed by atoms with E-state index < -0.39 is 11.8 Å². The molecule has 0 fully saturated rings. The molecule has 148 valence electrons. The van der Waals surface area contributed by atoms with Gasteiger partial charge in [-0.2, -0.15) is 0 Å². The first-order valence-electron chi connectivity index (χ1n) is 8.32. The number of aromatic amines is 1. The Labute approximate surface area is 179 Å². The van der Waals surface area contributed by atoms with Crippen LogP contribution in [-0.2, 0) is 0 Å². The number of hydrogen-bond donors (Lipinski definition) is 4. The van der Waals surface area contributed by atoms with E-state index in [1.165, 1.54) is 13.4 Å². The summed E-state index contributed by atoms with van der Waals surface area (Å²) in [6, 6.07) is 11.5. The number of carbonyl (C=O) groups excluding carboxylic acids is 3. The molecular weight excluding hydrogens is 462 g/mol. The number of hydrogen-bond acceptors (Lipinski definition) is 4. The van der Waals surface area contributed by atoms with Crippen LogP contribution in [0, 0.1) is 0 Å². The fourth-order valence-corrected chi connectivity index (χ4v) is 3.22. The zero-order valence-electron chi connectivity index (χ0n) is 15.0. The van der Waals surface area contributed by atoms with Crippen LogP contribution in [0.15, 0.2) is 53.3 Å². The summed E-state index contributed by atoms with van der Waals surface area (Å²) in [5, 5.41) is 8.14. The summed E-state index contributed by atoms with van der Waals surface area (Å²) < 4.78 is 0.774. The molecule has 3 aromatic rings. The lowest BCUT2D eigenvalue weighted by molar-refractivity contribution is 0.0943. The zero-order chi connectivity index (χ0) is 21.0. The van der Waals surface area contributed by atoms with Gasteiger partial charge in [0, 0.05) is 22.9 Å². The molecule has 10 heteroatoms. The van der Waals surface area contributed by atoms with Gasteiger partial charge in [0.05, 0.1) is 16.9 Å². The molecular formula is C19H15BrClN5O3. The molecule has 0 aliphatic heterocycles.